The fourth-order valence-electron chi connectivity index (χ4n) is 2.38. The molecule has 4 nitrogen and oxygen atoms in total. The average Bonchev–Trinajstić information content (AvgIpc) is 2.62. The van der Waals surface area contributed by atoms with Gasteiger partial charge >= 0.3 is 0 Å². The smallest absolute Gasteiger partial charge is 0.0880 e. The lowest BCUT2D eigenvalue weighted by molar-refractivity contribution is 0.572. The van der Waals surface area contributed by atoms with Gasteiger partial charge in [-0.15, -0.1) is 0 Å². The molecule has 0 aliphatic heterocycles. The number of nitrogens with zero attached hydrogens (tertiary/aromatic N) is 2. The molecule has 0 saturated heterocycles. The Balaban J connectivity index is 2.48. The van der Waals surface area contributed by atoms with Gasteiger partial charge in [-0.3, -0.25) is 10.5 Å². The first-order valence-corrected chi connectivity index (χ1v) is 6.06. The summed E-state index contributed by atoms with van der Waals surface area (Å²) >= 11 is 0. The molecule has 1 aromatic carbocycles. The third-order valence-electron chi connectivity index (χ3n) is 3.24. The van der Waals surface area contributed by atoms with Gasteiger partial charge in [0.1, 0.15) is 0 Å². The Morgan fingerprint density at radius 1 is 1.22 bits per heavy atom. The van der Waals surface area contributed by atoms with Crippen LogP contribution in [-0.2, 0) is 7.05 Å². The Kier molecular flexibility index (Phi) is 3.50. The average molecular weight is 244 g/mol. The second kappa shape index (κ2) is 4.92. The van der Waals surface area contributed by atoms with E-state index < -0.39 is 0 Å². The van der Waals surface area contributed by atoms with Gasteiger partial charge in [-0.2, -0.15) is 5.10 Å². The molecule has 0 amide bonds. The number of hydrogen-bond acceptors (Lipinski definition) is 3. The highest BCUT2D eigenvalue weighted by Crippen LogP contribution is 2.25. The third kappa shape index (κ3) is 2.30. The normalized spacial score (nSPS) is 12.7. The van der Waals surface area contributed by atoms with E-state index in [1.54, 1.807) is 0 Å². The Hall–Kier alpha value is -1.65. The van der Waals surface area contributed by atoms with Crippen molar-refractivity contribution in [3.8, 4) is 0 Å². The van der Waals surface area contributed by atoms with Crippen LogP contribution in [0.3, 0.4) is 0 Å². The van der Waals surface area contributed by atoms with Gasteiger partial charge in [0.25, 0.3) is 0 Å². The minimum absolute atomic E-state index is 0.0307. The van der Waals surface area contributed by atoms with E-state index in [0.717, 1.165) is 11.4 Å². The van der Waals surface area contributed by atoms with Crippen molar-refractivity contribution in [1.82, 2.24) is 15.2 Å². The highest BCUT2D eigenvalue weighted by molar-refractivity contribution is 5.37. The molecular weight excluding hydrogens is 224 g/mol. The topological polar surface area (TPSA) is 55.9 Å². The molecule has 2 aromatic rings. The van der Waals surface area contributed by atoms with Gasteiger partial charge < -0.3 is 0 Å². The first-order valence-electron chi connectivity index (χ1n) is 6.06. The van der Waals surface area contributed by atoms with Crippen molar-refractivity contribution in [3.63, 3.8) is 0 Å². The second-order valence-electron chi connectivity index (χ2n) is 4.79. The lowest BCUT2D eigenvalue weighted by Gasteiger charge is -2.19. The summed E-state index contributed by atoms with van der Waals surface area (Å²) in [7, 11) is 1.94. The molecule has 1 heterocycles. The van der Waals surface area contributed by atoms with Crippen LogP contribution in [0.1, 0.15) is 34.1 Å². The number of rotatable bonds is 3. The number of nitrogens with two attached hydrogens (primary N) is 1. The summed E-state index contributed by atoms with van der Waals surface area (Å²) in [6.45, 7) is 6.19. The van der Waals surface area contributed by atoms with E-state index in [4.69, 9.17) is 5.84 Å². The molecule has 18 heavy (non-hydrogen) atoms. The summed E-state index contributed by atoms with van der Waals surface area (Å²) in [5.41, 5.74) is 8.63. The van der Waals surface area contributed by atoms with Gasteiger partial charge in [0.2, 0.25) is 0 Å². The predicted molar refractivity (Wildman–Crippen MR) is 73.0 cm³/mol. The second-order valence-corrected chi connectivity index (χ2v) is 4.79. The Bertz CT molecular complexity index is 557. The fourth-order valence-corrected chi connectivity index (χ4v) is 2.38. The van der Waals surface area contributed by atoms with Gasteiger partial charge in [0.15, 0.2) is 0 Å². The van der Waals surface area contributed by atoms with Crippen LogP contribution in [-0.4, -0.2) is 9.78 Å². The summed E-state index contributed by atoms with van der Waals surface area (Å²) in [5, 5.41) is 4.37. The summed E-state index contributed by atoms with van der Waals surface area (Å²) in [6, 6.07) is 8.43. The van der Waals surface area contributed by atoms with E-state index in [-0.39, 0.29) is 6.04 Å². The van der Waals surface area contributed by atoms with Crippen molar-refractivity contribution >= 4 is 0 Å². The highest BCUT2D eigenvalue weighted by atomic mass is 15.3. The molecule has 1 aromatic heterocycles. The van der Waals surface area contributed by atoms with E-state index >= 15 is 0 Å². The van der Waals surface area contributed by atoms with Crippen molar-refractivity contribution in [1.29, 1.82) is 0 Å². The van der Waals surface area contributed by atoms with Gasteiger partial charge in [-0.25, -0.2) is 5.43 Å². The lowest BCUT2D eigenvalue weighted by atomic mass is 9.97. The number of hydrogen-bond donors (Lipinski definition) is 2. The number of aromatic nitrogens is 2. The Morgan fingerprint density at radius 2 is 1.94 bits per heavy atom. The standard InChI is InChI=1S/C14H20N4/c1-9-5-6-12(10(2)7-9)14(16-15)13-8-11(3)17-18(13)4/h5-8,14,16H,15H2,1-4H3. The van der Waals surface area contributed by atoms with Crippen molar-refractivity contribution in [3.05, 3.63) is 52.3 Å². The predicted octanol–water partition coefficient (Wildman–Crippen LogP) is 1.90. The first-order chi connectivity index (χ1) is 8.52. The summed E-state index contributed by atoms with van der Waals surface area (Å²) in [5.74, 6) is 5.73. The van der Waals surface area contributed by atoms with E-state index in [1.165, 1.54) is 16.7 Å². The number of aryl methyl sites for hydroxylation is 4. The van der Waals surface area contributed by atoms with Crippen molar-refractivity contribution < 1.29 is 0 Å². The molecule has 0 spiro atoms. The highest BCUT2D eigenvalue weighted by Gasteiger charge is 2.18. The van der Waals surface area contributed by atoms with E-state index in [9.17, 15) is 0 Å². The fraction of sp³-hybridized carbons (Fsp3) is 0.357. The van der Waals surface area contributed by atoms with E-state index in [1.807, 2.05) is 18.7 Å². The summed E-state index contributed by atoms with van der Waals surface area (Å²) in [4.78, 5) is 0. The first kappa shape index (κ1) is 12.8. The van der Waals surface area contributed by atoms with Crippen molar-refractivity contribution in [2.24, 2.45) is 12.9 Å². The molecule has 3 N–H and O–H groups in total. The third-order valence-corrected chi connectivity index (χ3v) is 3.24. The van der Waals surface area contributed by atoms with Crippen molar-refractivity contribution in [2.45, 2.75) is 26.8 Å². The minimum Gasteiger partial charge on any atom is -0.271 e. The molecule has 0 radical (unpaired) electrons. The monoisotopic (exact) mass is 244 g/mol. The number of benzene rings is 1. The maximum absolute atomic E-state index is 5.73. The summed E-state index contributed by atoms with van der Waals surface area (Å²) in [6.07, 6.45) is 0. The molecule has 96 valence electrons. The summed E-state index contributed by atoms with van der Waals surface area (Å²) < 4.78 is 1.87. The molecule has 2 rings (SSSR count). The van der Waals surface area contributed by atoms with Crippen LogP contribution in [0.25, 0.3) is 0 Å². The van der Waals surface area contributed by atoms with Gasteiger partial charge in [0.05, 0.1) is 17.4 Å². The lowest BCUT2D eigenvalue weighted by Crippen LogP contribution is -2.30. The van der Waals surface area contributed by atoms with Crippen LogP contribution in [0.5, 0.6) is 0 Å². The zero-order chi connectivity index (χ0) is 13.3. The van der Waals surface area contributed by atoms with Crippen molar-refractivity contribution in [2.75, 3.05) is 0 Å². The Morgan fingerprint density at radius 3 is 2.44 bits per heavy atom. The molecule has 1 atom stereocenters. The zero-order valence-corrected chi connectivity index (χ0v) is 11.4. The SMILES string of the molecule is Cc1ccc(C(NN)c2cc(C)nn2C)c(C)c1. The van der Waals surface area contributed by atoms with E-state index in [2.05, 4.69) is 48.6 Å². The molecule has 4 heteroatoms. The van der Waals surface area contributed by atoms with Crippen LogP contribution >= 0.6 is 0 Å². The molecule has 0 fully saturated rings. The van der Waals surface area contributed by atoms with Gasteiger partial charge in [0, 0.05) is 7.05 Å². The minimum atomic E-state index is -0.0307. The van der Waals surface area contributed by atoms with Crippen LogP contribution in [0.15, 0.2) is 24.3 Å². The molecule has 0 bridgehead atoms. The van der Waals surface area contributed by atoms with Gasteiger partial charge in [-0.1, -0.05) is 23.8 Å². The molecular formula is C14H20N4. The number of hydrazine groups is 1. The van der Waals surface area contributed by atoms with Crippen LogP contribution in [0.4, 0.5) is 0 Å². The van der Waals surface area contributed by atoms with Crippen LogP contribution in [0.2, 0.25) is 0 Å². The number of nitrogens with one attached hydrogen (secondary N) is 1. The molecule has 0 aliphatic carbocycles. The quantitative estimate of drug-likeness (QED) is 0.640. The Labute approximate surface area is 108 Å². The largest absolute Gasteiger partial charge is 0.271 e. The zero-order valence-electron chi connectivity index (χ0n) is 11.4. The molecule has 0 saturated carbocycles. The molecule has 1 unspecified atom stereocenters. The maximum Gasteiger partial charge on any atom is 0.0880 e. The van der Waals surface area contributed by atoms with E-state index in [0.29, 0.717) is 0 Å². The van der Waals surface area contributed by atoms with Crippen LogP contribution < -0.4 is 11.3 Å². The van der Waals surface area contributed by atoms with Crippen LogP contribution in [0, 0.1) is 20.8 Å². The maximum atomic E-state index is 5.73. The molecule has 0 aliphatic rings. The van der Waals surface area contributed by atoms with Gasteiger partial charge in [-0.05, 0) is 38.0 Å².